The molecule has 1 aromatic rings. The maximum Gasteiger partial charge on any atom is 0.265 e. The minimum Gasteiger partial charge on any atom is -0.381 e. The molecule has 2 rings (SSSR count). The second-order valence-electron chi connectivity index (χ2n) is 5.09. The SMILES string of the molecule is COC1CCCC(OCc2ccccc2C(=O)NN)C1. The van der Waals surface area contributed by atoms with Crippen molar-refractivity contribution in [1.82, 2.24) is 5.43 Å². The highest BCUT2D eigenvalue weighted by Crippen LogP contribution is 2.24. The number of hydrazine groups is 1. The van der Waals surface area contributed by atoms with E-state index in [2.05, 4.69) is 5.43 Å². The number of carbonyl (C=O) groups excluding carboxylic acids is 1. The van der Waals surface area contributed by atoms with Crippen molar-refractivity contribution in [2.75, 3.05) is 7.11 Å². The van der Waals surface area contributed by atoms with Crippen molar-refractivity contribution < 1.29 is 14.3 Å². The fourth-order valence-corrected chi connectivity index (χ4v) is 2.62. The highest BCUT2D eigenvalue weighted by Gasteiger charge is 2.22. The quantitative estimate of drug-likeness (QED) is 0.489. The van der Waals surface area contributed by atoms with E-state index >= 15 is 0 Å². The van der Waals surface area contributed by atoms with E-state index in [1.165, 1.54) is 0 Å². The normalized spacial score (nSPS) is 22.5. The molecule has 1 fully saturated rings. The predicted octanol–water partition coefficient (Wildman–Crippen LogP) is 1.76. The molecule has 5 heteroatoms. The molecule has 2 unspecified atom stereocenters. The van der Waals surface area contributed by atoms with Crippen molar-refractivity contribution in [1.29, 1.82) is 0 Å². The van der Waals surface area contributed by atoms with Crippen LogP contribution in [0.2, 0.25) is 0 Å². The molecule has 110 valence electrons. The third-order valence-corrected chi connectivity index (χ3v) is 3.78. The number of ether oxygens (including phenoxy) is 2. The number of nitrogen functional groups attached to an aromatic ring is 1. The minimum atomic E-state index is -0.289. The zero-order valence-corrected chi connectivity index (χ0v) is 11.8. The van der Waals surface area contributed by atoms with Gasteiger partial charge in [0.1, 0.15) is 0 Å². The van der Waals surface area contributed by atoms with Gasteiger partial charge in [-0.05, 0) is 37.3 Å². The van der Waals surface area contributed by atoms with Gasteiger partial charge < -0.3 is 9.47 Å². The van der Waals surface area contributed by atoms with Gasteiger partial charge in [-0.15, -0.1) is 0 Å². The number of amides is 1. The van der Waals surface area contributed by atoms with Crippen molar-refractivity contribution in [3.8, 4) is 0 Å². The Bertz CT molecular complexity index is 450. The first kappa shape index (κ1) is 15.0. The van der Waals surface area contributed by atoms with E-state index in [1.807, 2.05) is 18.2 Å². The van der Waals surface area contributed by atoms with Gasteiger partial charge in [-0.3, -0.25) is 10.2 Å². The van der Waals surface area contributed by atoms with E-state index in [9.17, 15) is 4.79 Å². The molecule has 0 saturated heterocycles. The smallest absolute Gasteiger partial charge is 0.265 e. The molecule has 0 aromatic heterocycles. The van der Waals surface area contributed by atoms with Gasteiger partial charge in [-0.1, -0.05) is 18.2 Å². The Labute approximate surface area is 119 Å². The van der Waals surface area contributed by atoms with E-state index < -0.39 is 0 Å². The summed E-state index contributed by atoms with van der Waals surface area (Å²) in [6.07, 6.45) is 4.67. The van der Waals surface area contributed by atoms with Gasteiger partial charge in [0.15, 0.2) is 0 Å². The summed E-state index contributed by atoms with van der Waals surface area (Å²) in [6, 6.07) is 7.35. The van der Waals surface area contributed by atoms with Crippen LogP contribution in [-0.4, -0.2) is 25.2 Å². The average Bonchev–Trinajstić information content (AvgIpc) is 2.52. The summed E-state index contributed by atoms with van der Waals surface area (Å²) in [5.41, 5.74) is 3.58. The van der Waals surface area contributed by atoms with E-state index in [4.69, 9.17) is 15.3 Å². The van der Waals surface area contributed by atoms with Gasteiger partial charge in [-0.25, -0.2) is 5.84 Å². The number of methoxy groups -OCH3 is 1. The summed E-state index contributed by atoms with van der Waals surface area (Å²) < 4.78 is 11.3. The summed E-state index contributed by atoms with van der Waals surface area (Å²) in [5.74, 6) is 4.90. The molecule has 0 radical (unpaired) electrons. The van der Waals surface area contributed by atoms with Crippen molar-refractivity contribution in [3.63, 3.8) is 0 Å². The summed E-state index contributed by atoms with van der Waals surface area (Å²) in [5, 5.41) is 0. The van der Waals surface area contributed by atoms with Crippen molar-refractivity contribution in [2.45, 2.75) is 44.5 Å². The highest BCUT2D eigenvalue weighted by molar-refractivity contribution is 5.95. The lowest BCUT2D eigenvalue weighted by Gasteiger charge is -2.28. The largest absolute Gasteiger partial charge is 0.381 e. The Hall–Kier alpha value is -1.43. The number of hydrogen-bond donors (Lipinski definition) is 2. The predicted molar refractivity (Wildman–Crippen MR) is 75.9 cm³/mol. The van der Waals surface area contributed by atoms with Crippen LogP contribution in [-0.2, 0) is 16.1 Å². The average molecular weight is 278 g/mol. The maximum atomic E-state index is 11.7. The third kappa shape index (κ3) is 3.79. The lowest BCUT2D eigenvalue weighted by Crippen LogP contribution is -2.31. The first-order chi connectivity index (χ1) is 9.74. The van der Waals surface area contributed by atoms with Crippen LogP contribution in [0, 0.1) is 0 Å². The Kier molecular flexibility index (Phi) is 5.52. The molecular weight excluding hydrogens is 256 g/mol. The Balaban J connectivity index is 1.95. The lowest BCUT2D eigenvalue weighted by atomic mass is 9.95. The second-order valence-corrected chi connectivity index (χ2v) is 5.09. The van der Waals surface area contributed by atoms with Gasteiger partial charge in [0.25, 0.3) is 5.91 Å². The molecule has 0 spiro atoms. The van der Waals surface area contributed by atoms with E-state index in [0.717, 1.165) is 31.2 Å². The molecule has 5 nitrogen and oxygen atoms in total. The minimum absolute atomic E-state index is 0.197. The summed E-state index contributed by atoms with van der Waals surface area (Å²) >= 11 is 0. The molecule has 0 aliphatic heterocycles. The molecule has 2 atom stereocenters. The van der Waals surface area contributed by atoms with E-state index in [0.29, 0.717) is 12.2 Å². The van der Waals surface area contributed by atoms with Gasteiger partial charge in [0.2, 0.25) is 0 Å². The van der Waals surface area contributed by atoms with Gasteiger partial charge >= 0.3 is 0 Å². The summed E-state index contributed by atoms with van der Waals surface area (Å²) in [4.78, 5) is 11.7. The first-order valence-electron chi connectivity index (χ1n) is 6.98. The van der Waals surface area contributed by atoms with E-state index in [-0.39, 0.29) is 18.1 Å². The first-order valence-corrected chi connectivity index (χ1v) is 6.98. The van der Waals surface area contributed by atoms with Crippen LogP contribution in [0.4, 0.5) is 0 Å². The number of carbonyl (C=O) groups is 1. The fraction of sp³-hybridized carbons (Fsp3) is 0.533. The third-order valence-electron chi connectivity index (χ3n) is 3.78. The number of rotatable bonds is 5. The fourth-order valence-electron chi connectivity index (χ4n) is 2.62. The Morgan fingerprint density at radius 2 is 2.10 bits per heavy atom. The molecular formula is C15H22N2O3. The number of nitrogens with two attached hydrogens (primary N) is 1. The van der Waals surface area contributed by atoms with Crippen LogP contribution in [0.5, 0.6) is 0 Å². The lowest BCUT2D eigenvalue weighted by molar-refractivity contribution is -0.0364. The zero-order chi connectivity index (χ0) is 14.4. The van der Waals surface area contributed by atoms with Crippen molar-refractivity contribution >= 4 is 5.91 Å². The molecule has 1 aliphatic carbocycles. The summed E-state index contributed by atoms with van der Waals surface area (Å²) in [7, 11) is 1.74. The highest BCUT2D eigenvalue weighted by atomic mass is 16.5. The molecule has 1 aliphatic rings. The number of hydrogen-bond acceptors (Lipinski definition) is 4. The van der Waals surface area contributed by atoms with Crippen LogP contribution in [0.1, 0.15) is 41.6 Å². The summed E-state index contributed by atoms with van der Waals surface area (Å²) in [6.45, 7) is 0.421. The molecule has 20 heavy (non-hydrogen) atoms. The van der Waals surface area contributed by atoms with Crippen LogP contribution in [0.3, 0.4) is 0 Å². The van der Waals surface area contributed by atoms with Crippen molar-refractivity contribution in [3.05, 3.63) is 35.4 Å². The molecule has 3 N–H and O–H groups in total. The standard InChI is InChI=1S/C15H22N2O3/c1-19-12-6-4-7-13(9-12)20-10-11-5-2-3-8-14(11)15(18)17-16/h2-3,5,8,12-13H,4,6-7,9-10,16H2,1H3,(H,17,18). The second kappa shape index (κ2) is 7.38. The van der Waals surface area contributed by atoms with Gasteiger partial charge in [0.05, 0.1) is 18.8 Å². The van der Waals surface area contributed by atoms with Crippen LogP contribution < -0.4 is 11.3 Å². The topological polar surface area (TPSA) is 73.6 Å². The monoisotopic (exact) mass is 278 g/mol. The molecule has 1 amide bonds. The van der Waals surface area contributed by atoms with Crippen LogP contribution in [0.15, 0.2) is 24.3 Å². The Morgan fingerprint density at radius 3 is 2.85 bits per heavy atom. The van der Waals surface area contributed by atoms with Crippen LogP contribution >= 0.6 is 0 Å². The molecule has 0 bridgehead atoms. The number of benzene rings is 1. The molecule has 1 saturated carbocycles. The van der Waals surface area contributed by atoms with Gasteiger partial charge in [-0.2, -0.15) is 0 Å². The molecule has 1 aromatic carbocycles. The Morgan fingerprint density at radius 1 is 1.35 bits per heavy atom. The maximum absolute atomic E-state index is 11.7. The van der Waals surface area contributed by atoms with Crippen molar-refractivity contribution in [2.24, 2.45) is 5.84 Å². The van der Waals surface area contributed by atoms with Crippen LogP contribution in [0.25, 0.3) is 0 Å². The number of nitrogens with one attached hydrogen (secondary N) is 1. The zero-order valence-electron chi connectivity index (χ0n) is 11.8. The van der Waals surface area contributed by atoms with E-state index in [1.54, 1.807) is 13.2 Å². The molecule has 0 heterocycles. The van der Waals surface area contributed by atoms with Gasteiger partial charge in [0, 0.05) is 12.7 Å².